The summed E-state index contributed by atoms with van der Waals surface area (Å²) in [4.78, 5) is 0. The van der Waals surface area contributed by atoms with Crippen molar-refractivity contribution in [3.8, 4) is 44.8 Å². The second kappa shape index (κ2) is 18.2. The minimum atomic E-state index is 0.0494. The number of hydrogen-bond donors (Lipinski definition) is 0. The number of nitrogens with zero attached hydrogens (tertiary/aromatic N) is 2. The molecule has 1 saturated carbocycles. The molecule has 372 valence electrons. The first kappa shape index (κ1) is 45.4. The van der Waals surface area contributed by atoms with Crippen molar-refractivity contribution in [1.29, 1.82) is 0 Å². The first-order chi connectivity index (χ1) is 39.1. The Kier molecular flexibility index (Phi) is 10.5. The average Bonchev–Trinajstić information content (AvgIpc) is 4.46. The van der Waals surface area contributed by atoms with Gasteiger partial charge >= 0.3 is 0 Å². The molecule has 0 amide bonds. The summed E-state index contributed by atoms with van der Waals surface area (Å²) in [6.45, 7) is 0. The van der Waals surface area contributed by atoms with E-state index in [1.807, 2.05) is 0 Å². The van der Waals surface area contributed by atoms with E-state index in [1.165, 1.54) is 169 Å². The highest BCUT2D eigenvalue weighted by atomic mass is 15.0. The first-order valence-electron chi connectivity index (χ1n) is 28.0. The monoisotopic (exact) mass is 1010 g/mol. The molecular weight excluding hydrogens is 953 g/mol. The van der Waals surface area contributed by atoms with E-state index in [4.69, 9.17) is 0 Å². The van der Waals surface area contributed by atoms with E-state index < -0.39 is 0 Å². The van der Waals surface area contributed by atoms with Gasteiger partial charge in [0, 0.05) is 38.3 Å². The molecule has 2 aliphatic carbocycles. The smallest absolute Gasteiger partial charge is 0.0541 e. The van der Waals surface area contributed by atoms with Crippen molar-refractivity contribution in [3.63, 3.8) is 0 Å². The molecule has 0 saturated heterocycles. The molecule has 2 aliphatic rings. The van der Waals surface area contributed by atoms with Gasteiger partial charge in [-0.2, -0.15) is 0 Å². The Morgan fingerprint density at radius 3 is 1.13 bits per heavy atom. The molecule has 12 aromatic carbocycles. The maximum atomic E-state index is 2.52. The van der Waals surface area contributed by atoms with Gasteiger partial charge in [0.2, 0.25) is 0 Å². The minimum absolute atomic E-state index is 0.0494. The van der Waals surface area contributed by atoms with E-state index >= 15 is 0 Å². The quantitative estimate of drug-likeness (QED) is 0.134. The second-order valence-electron chi connectivity index (χ2n) is 22.0. The average molecular weight is 1010 g/mol. The van der Waals surface area contributed by atoms with Crippen LogP contribution in [0.1, 0.15) is 59.1 Å². The fraction of sp³-hybridized carbons (Fsp3) is 0.0649. The Labute approximate surface area is 460 Å². The molecule has 2 aromatic heterocycles. The van der Waals surface area contributed by atoms with Crippen molar-refractivity contribution in [3.05, 3.63) is 288 Å². The lowest BCUT2D eigenvalue weighted by Gasteiger charge is -2.27. The zero-order valence-electron chi connectivity index (χ0n) is 43.8. The van der Waals surface area contributed by atoms with Crippen molar-refractivity contribution < 1.29 is 0 Å². The zero-order valence-corrected chi connectivity index (χ0v) is 43.8. The third-order valence-corrected chi connectivity index (χ3v) is 17.6. The van der Waals surface area contributed by atoms with Gasteiger partial charge in [-0.25, -0.2) is 0 Å². The van der Waals surface area contributed by atoms with Gasteiger partial charge in [0.25, 0.3) is 0 Å². The highest BCUT2D eigenvalue weighted by molar-refractivity contribution is 6.11. The van der Waals surface area contributed by atoms with Gasteiger partial charge in [-0.3, -0.25) is 0 Å². The fourth-order valence-electron chi connectivity index (χ4n) is 13.7. The van der Waals surface area contributed by atoms with Crippen molar-refractivity contribution in [2.75, 3.05) is 0 Å². The van der Waals surface area contributed by atoms with Crippen LogP contribution >= 0.6 is 0 Å². The number of aromatic nitrogens is 2. The Hall–Kier alpha value is -9.76. The second-order valence-corrected chi connectivity index (χ2v) is 22.0. The van der Waals surface area contributed by atoms with E-state index in [-0.39, 0.29) is 5.41 Å². The normalized spacial score (nSPS) is 13.9. The molecule has 1 spiro atoms. The van der Waals surface area contributed by atoms with Gasteiger partial charge in [0.15, 0.2) is 0 Å². The Bertz CT molecular complexity index is 4520. The van der Waals surface area contributed by atoms with Crippen LogP contribution in [0, 0.1) is 0 Å². The molecule has 2 nitrogen and oxygen atoms in total. The lowest BCUT2D eigenvalue weighted by molar-refractivity contribution is 0.550. The lowest BCUT2D eigenvalue weighted by atomic mass is 9.75. The molecule has 79 heavy (non-hydrogen) atoms. The third-order valence-electron chi connectivity index (χ3n) is 17.6. The molecule has 0 bridgehead atoms. The summed E-state index contributed by atoms with van der Waals surface area (Å²) in [5.74, 6) is 0. The van der Waals surface area contributed by atoms with Crippen LogP contribution in [0.5, 0.6) is 0 Å². The van der Waals surface area contributed by atoms with Crippen molar-refractivity contribution in [2.24, 2.45) is 0 Å². The molecule has 0 radical (unpaired) electrons. The SMILES string of the molecule is C(=Cc1ccc2c(c1)c1ccccc1n2-c1ccc2ccccc2c1)c1ccc(-c2ccc3c(c2)C2(CCCC2)c2cc(-c4ccc(C=Cc5ccc6c(c5)c5ccccc5n6-c5ccc6ccccc6c5)cc4)ccc2-3)cc1. The highest BCUT2D eigenvalue weighted by Gasteiger charge is 2.45. The highest BCUT2D eigenvalue weighted by Crippen LogP contribution is 2.58. The van der Waals surface area contributed by atoms with Crippen LogP contribution < -0.4 is 0 Å². The van der Waals surface area contributed by atoms with E-state index in [1.54, 1.807) is 0 Å². The van der Waals surface area contributed by atoms with E-state index in [0.29, 0.717) is 0 Å². The largest absolute Gasteiger partial charge is 0.309 e. The molecule has 2 heterocycles. The summed E-state index contributed by atoms with van der Waals surface area (Å²) >= 11 is 0. The summed E-state index contributed by atoms with van der Waals surface area (Å²) in [7, 11) is 0. The molecule has 0 atom stereocenters. The van der Waals surface area contributed by atoms with Gasteiger partial charge < -0.3 is 9.13 Å². The predicted molar refractivity (Wildman–Crippen MR) is 336 cm³/mol. The summed E-state index contributed by atoms with van der Waals surface area (Å²) in [5, 5.41) is 10.1. The van der Waals surface area contributed by atoms with E-state index in [9.17, 15) is 0 Å². The van der Waals surface area contributed by atoms with Gasteiger partial charge in [0.05, 0.1) is 22.1 Å². The van der Waals surface area contributed by atoms with Crippen LogP contribution in [0.4, 0.5) is 0 Å². The molecular formula is C77H54N2. The van der Waals surface area contributed by atoms with Crippen LogP contribution in [-0.4, -0.2) is 9.13 Å². The predicted octanol–water partition coefficient (Wildman–Crippen LogP) is 20.7. The van der Waals surface area contributed by atoms with Crippen LogP contribution in [0.15, 0.2) is 255 Å². The van der Waals surface area contributed by atoms with Crippen LogP contribution in [-0.2, 0) is 5.41 Å². The molecule has 0 N–H and O–H groups in total. The minimum Gasteiger partial charge on any atom is -0.309 e. The van der Waals surface area contributed by atoms with Gasteiger partial charge in [0.1, 0.15) is 0 Å². The van der Waals surface area contributed by atoms with Gasteiger partial charge in [-0.1, -0.05) is 219 Å². The Morgan fingerprint density at radius 1 is 0.278 bits per heavy atom. The van der Waals surface area contributed by atoms with Gasteiger partial charge in [-0.05, 0) is 174 Å². The van der Waals surface area contributed by atoms with Gasteiger partial charge in [-0.15, -0.1) is 0 Å². The number of benzene rings is 12. The molecule has 14 aromatic rings. The van der Waals surface area contributed by atoms with E-state index in [2.05, 4.69) is 288 Å². The standard InChI is InChI=1S/C77H54N2/c1-3-13-59-47-63(37-33-55(59)11-1)78-73-17-7-5-15-67(73)69-45-53(27-41-75(69)78)21-19-51-23-29-57(30-24-51)61-35-39-65-66-40-36-62(50-72(66)77(71(65)49-61)43-9-10-44-77)58-31-25-52(26-32-58)20-22-54-28-42-76-70(46-54)68-16-6-8-18-74(68)79(76)64-38-34-56-12-2-4-14-60(56)48-64/h1-8,11-42,45-50H,9-10,43-44H2. The Morgan fingerprint density at radius 2 is 0.658 bits per heavy atom. The van der Waals surface area contributed by atoms with E-state index in [0.717, 1.165) is 0 Å². The molecule has 0 unspecified atom stereocenters. The maximum Gasteiger partial charge on any atom is 0.0541 e. The number of para-hydroxylation sites is 2. The van der Waals surface area contributed by atoms with Crippen molar-refractivity contribution in [1.82, 2.24) is 9.13 Å². The zero-order chi connectivity index (χ0) is 52.0. The number of fused-ring (bicyclic) bond motifs is 13. The van der Waals surface area contributed by atoms with Crippen molar-refractivity contribution in [2.45, 2.75) is 31.1 Å². The molecule has 0 aliphatic heterocycles. The topological polar surface area (TPSA) is 9.86 Å². The summed E-state index contributed by atoms with van der Waals surface area (Å²) in [6, 6.07) is 94.8. The Balaban J connectivity index is 0.641. The summed E-state index contributed by atoms with van der Waals surface area (Å²) in [5.41, 5.74) is 23.0. The fourth-order valence-corrected chi connectivity index (χ4v) is 13.7. The first-order valence-corrected chi connectivity index (χ1v) is 28.0. The van der Waals surface area contributed by atoms with Crippen molar-refractivity contribution >= 4 is 89.5 Å². The maximum absolute atomic E-state index is 2.52. The number of hydrogen-bond acceptors (Lipinski definition) is 0. The lowest BCUT2D eigenvalue weighted by Crippen LogP contribution is -2.20. The number of rotatable bonds is 8. The molecule has 1 fully saturated rings. The van der Waals surface area contributed by atoms with Crippen LogP contribution in [0.2, 0.25) is 0 Å². The molecule has 2 heteroatoms. The summed E-state index contributed by atoms with van der Waals surface area (Å²) in [6.07, 6.45) is 13.9. The van der Waals surface area contributed by atoms with Crippen LogP contribution in [0.25, 0.3) is 134 Å². The van der Waals surface area contributed by atoms with Crippen LogP contribution in [0.3, 0.4) is 0 Å². The third kappa shape index (κ3) is 7.54. The molecule has 16 rings (SSSR count). The summed E-state index contributed by atoms with van der Waals surface area (Å²) < 4.78 is 4.81.